The molecule has 112 valence electrons. The molecule has 0 aromatic heterocycles. The molecule has 7 heteroatoms. The molecule has 1 fully saturated rings. The second-order valence-corrected chi connectivity index (χ2v) is 4.58. The van der Waals surface area contributed by atoms with Gasteiger partial charge in [-0.15, -0.1) is 12.4 Å². The Hall–Kier alpha value is -0.850. The third kappa shape index (κ3) is 4.63. The molecule has 3 unspecified atom stereocenters. The number of carbonyl (C=O) groups is 2. The van der Waals surface area contributed by atoms with Crippen molar-refractivity contribution in [3.05, 3.63) is 0 Å². The summed E-state index contributed by atoms with van der Waals surface area (Å²) < 4.78 is 9.88. The summed E-state index contributed by atoms with van der Waals surface area (Å²) in [7, 11) is 1.30. The molecule has 1 rings (SSSR count). The molecule has 0 radical (unpaired) electrons. The number of ether oxygens (including phenoxy) is 2. The van der Waals surface area contributed by atoms with Crippen molar-refractivity contribution in [2.75, 3.05) is 26.8 Å². The average molecular weight is 295 g/mol. The van der Waals surface area contributed by atoms with Gasteiger partial charge in [0.05, 0.1) is 26.3 Å². The van der Waals surface area contributed by atoms with E-state index in [0.29, 0.717) is 13.2 Å². The predicted molar refractivity (Wildman–Crippen MR) is 73.0 cm³/mol. The maximum atomic E-state index is 12.1. The summed E-state index contributed by atoms with van der Waals surface area (Å²) in [5, 5.41) is 0. The molecule has 0 aliphatic carbocycles. The third-order valence-corrected chi connectivity index (χ3v) is 3.38. The highest BCUT2D eigenvalue weighted by Crippen LogP contribution is 2.12. The van der Waals surface area contributed by atoms with Gasteiger partial charge in [-0.05, 0) is 5.92 Å². The maximum Gasteiger partial charge on any atom is 0.336 e. The largest absolute Gasteiger partial charge is 0.467 e. The van der Waals surface area contributed by atoms with Crippen LogP contribution in [0.5, 0.6) is 0 Å². The van der Waals surface area contributed by atoms with Gasteiger partial charge in [0.1, 0.15) is 0 Å². The Morgan fingerprint density at radius 3 is 2.68 bits per heavy atom. The highest BCUT2D eigenvalue weighted by molar-refractivity contribution is 5.85. The van der Waals surface area contributed by atoms with Crippen LogP contribution in [0.2, 0.25) is 0 Å². The van der Waals surface area contributed by atoms with E-state index in [1.807, 2.05) is 13.8 Å². The smallest absolute Gasteiger partial charge is 0.336 e. The molecule has 19 heavy (non-hydrogen) atoms. The minimum atomic E-state index is -0.697. The van der Waals surface area contributed by atoms with Crippen LogP contribution >= 0.6 is 12.4 Å². The van der Waals surface area contributed by atoms with Crippen LogP contribution in [0.1, 0.15) is 20.3 Å². The van der Waals surface area contributed by atoms with Gasteiger partial charge in [-0.3, -0.25) is 4.79 Å². The molecule has 1 aliphatic rings. The molecular formula is C12H23ClN2O4. The van der Waals surface area contributed by atoms with Gasteiger partial charge in [0, 0.05) is 6.54 Å². The summed E-state index contributed by atoms with van der Waals surface area (Å²) in [4.78, 5) is 25.1. The second kappa shape index (κ2) is 8.35. The molecular weight excluding hydrogens is 272 g/mol. The average Bonchev–Trinajstić information content (AvgIpc) is 2.43. The Labute approximate surface area is 120 Å². The van der Waals surface area contributed by atoms with Crippen LogP contribution in [0.3, 0.4) is 0 Å². The van der Waals surface area contributed by atoms with Crippen molar-refractivity contribution in [3.8, 4) is 0 Å². The number of rotatable bonds is 4. The van der Waals surface area contributed by atoms with E-state index in [2.05, 4.69) is 4.74 Å². The molecule has 0 spiro atoms. The topological polar surface area (TPSA) is 81.9 Å². The second-order valence-electron chi connectivity index (χ2n) is 4.58. The van der Waals surface area contributed by atoms with E-state index in [1.165, 1.54) is 7.11 Å². The zero-order chi connectivity index (χ0) is 13.7. The van der Waals surface area contributed by atoms with Crippen molar-refractivity contribution in [2.24, 2.45) is 11.7 Å². The Balaban J connectivity index is 0.00000324. The number of hydrogen-bond donors (Lipinski definition) is 1. The molecule has 1 aliphatic heterocycles. The number of esters is 1. The van der Waals surface area contributed by atoms with Gasteiger partial charge in [0.25, 0.3) is 0 Å². The fourth-order valence-corrected chi connectivity index (χ4v) is 1.83. The van der Waals surface area contributed by atoms with E-state index in [-0.39, 0.29) is 30.8 Å². The van der Waals surface area contributed by atoms with Gasteiger partial charge < -0.3 is 20.1 Å². The van der Waals surface area contributed by atoms with Gasteiger partial charge in [0.2, 0.25) is 5.91 Å². The van der Waals surface area contributed by atoms with Gasteiger partial charge in [-0.2, -0.15) is 0 Å². The molecule has 0 aromatic rings. The Kier molecular flexibility index (Phi) is 7.97. The van der Waals surface area contributed by atoms with E-state index in [1.54, 1.807) is 4.90 Å². The van der Waals surface area contributed by atoms with Crippen LogP contribution in [0.15, 0.2) is 0 Å². The number of amides is 1. The zero-order valence-electron chi connectivity index (χ0n) is 11.6. The lowest BCUT2D eigenvalue weighted by Gasteiger charge is -2.34. The van der Waals surface area contributed by atoms with Crippen LogP contribution in [0.4, 0.5) is 0 Å². The molecule has 0 bridgehead atoms. The first-order chi connectivity index (χ1) is 8.51. The van der Waals surface area contributed by atoms with Crippen LogP contribution in [-0.4, -0.2) is 55.7 Å². The van der Waals surface area contributed by atoms with Crippen molar-refractivity contribution in [1.82, 2.24) is 4.90 Å². The molecule has 0 aromatic carbocycles. The van der Waals surface area contributed by atoms with Crippen LogP contribution in [-0.2, 0) is 19.1 Å². The summed E-state index contributed by atoms with van der Waals surface area (Å²) in [5.74, 6) is -0.455. The maximum absolute atomic E-state index is 12.1. The van der Waals surface area contributed by atoms with E-state index in [9.17, 15) is 9.59 Å². The third-order valence-electron chi connectivity index (χ3n) is 3.38. The first-order valence-electron chi connectivity index (χ1n) is 6.25. The highest BCUT2D eigenvalue weighted by atomic mass is 35.5. The van der Waals surface area contributed by atoms with Crippen molar-refractivity contribution in [3.63, 3.8) is 0 Å². The number of nitrogens with zero attached hydrogens (tertiary/aromatic N) is 1. The Morgan fingerprint density at radius 2 is 2.16 bits per heavy atom. The monoisotopic (exact) mass is 294 g/mol. The number of methoxy groups -OCH3 is 1. The number of hydrogen-bond acceptors (Lipinski definition) is 5. The van der Waals surface area contributed by atoms with Crippen molar-refractivity contribution in [2.45, 2.75) is 32.4 Å². The SMILES string of the molecule is CCC(C)C(N)C(=O)N1CCOC(C(=O)OC)C1.Cl. The van der Waals surface area contributed by atoms with Gasteiger partial charge in [-0.1, -0.05) is 20.3 Å². The lowest BCUT2D eigenvalue weighted by molar-refractivity contribution is -0.163. The van der Waals surface area contributed by atoms with E-state index in [4.69, 9.17) is 10.5 Å². The molecule has 2 N–H and O–H groups in total. The van der Waals surface area contributed by atoms with Crippen LogP contribution in [0, 0.1) is 5.92 Å². The lowest BCUT2D eigenvalue weighted by atomic mass is 9.98. The first kappa shape index (κ1) is 18.1. The number of morpholine rings is 1. The van der Waals surface area contributed by atoms with Gasteiger partial charge in [0.15, 0.2) is 6.10 Å². The van der Waals surface area contributed by atoms with Crippen molar-refractivity contribution in [1.29, 1.82) is 0 Å². The van der Waals surface area contributed by atoms with Crippen molar-refractivity contribution >= 4 is 24.3 Å². The molecule has 1 saturated heterocycles. The fourth-order valence-electron chi connectivity index (χ4n) is 1.83. The van der Waals surface area contributed by atoms with E-state index in [0.717, 1.165) is 6.42 Å². The van der Waals surface area contributed by atoms with E-state index < -0.39 is 18.1 Å². The van der Waals surface area contributed by atoms with Gasteiger partial charge in [-0.25, -0.2) is 4.79 Å². The quantitative estimate of drug-likeness (QED) is 0.748. The summed E-state index contributed by atoms with van der Waals surface area (Å²) in [6.45, 7) is 4.96. The molecule has 0 saturated carbocycles. The van der Waals surface area contributed by atoms with Crippen molar-refractivity contribution < 1.29 is 19.1 Å². The summed E-state index contributed by atoms with van der Waals surface area (Å²) in [5.41, 5.74) is 5.91. The number of carbonyl (C=O) groups excluding carboxylic acids is 2. The molecule has 6 nitrogen and oxygen atoms in total. The Morgan fingerprint density at radius 1 is 1.53 bits per heavy atom. The van der Waals surface area contributed by atoms with Gasteiger partial charge >= 0.3 is 5.97 Å². The van der Waals surface area contributed by atoms with E-state index >= 15 is 0 Å². The molecule has 1 heterocycles. The fraction of sp³-hybridized carbons (Fsp3) is 0.833. The predicted octanol–water partition coefficient (Wildman–Crippen LogP) is 0.182. The van der Waals surface area contributed by atoms with Crippen LogP contribution < -0.4 is 5.73 Å². The summed E-state index contributed by atoms with van der Waals surface area (Å²) >= 11 is 0. The standard InChI is InChI=1S/C12H22N2O4.ClH/c1-4-8(2)10(13)11(15)14-5-6-18-9(7-14)12(16)17-3;/h8-10H,4-7,13H2,1-3H3;1H. The minimum Gasteiger partial charge on any atom is -0.467 e. The molecule has 1 amide bonds. The first-order valence-corrected chi connectivity index (χ1v) is 6.25. The normalized spacial score (nSPS) is 22.1. The Bertz CT molecular complexity index is 314. The number of halogens is 1. The summed E-state index contributed by atoms with van der Waals surface area (Å²) in [6.07, 6.45) is 0.148. The summed E-state index contributed by atoms with van der Waals surface area (Å²) in [6, 6.07) is -0.522. The minimum absolute atomic E-state index is 0. The zero-order valence-corrected chi connectivity index (χ0v) is 12.4. The molecule has 3 atom stereocenters. The highest BCUT2D eigenvalue weighted by Gasteiger charge is 2.33. The van der Waals surface area contributed by atoms with Crippen LogP contribution in [0.25, 0.3) is 0 Å². The lowest BCUT2D eigenvalue weighted by Crippen LogP contribution is -2.54. The number of nitrogens with two attached hydrogens (primary N) is 1.